The molecule has 1 aromatic carbocycles. The van der Waals surface area contributed by atoms with Gasteiger partial charge in [-0.3, -0.25) is 4.79 Å². The van der Waals surface area contributed by atoms with Crippen molar-refractivity contribution < 1.29 is 4.79 Å². The summed E-state index contributed by atoms with van der Waals surface area (Å²) in [6.45, 7) is 9.43. The summed E-state index contributed by atoms with van der Waals surface area (Å²) in [5.41, 5.74) is 2.79. The van der Waals surface area contributed by atoms with Crippen molar-refractivity contribution in [3.05, 3.63) is 53.4 Å². The van der Waals surface area contributed by atoms with E-state index in [9.17, 15) is 10.1 Å². The van der Waals surface area contributed by atoms with Crippen LogP contribution in [-0.4, -0.2) is 21.2 Å². The molecule has 0 fully saturated rings. The van der Waals surface area contributed by atoms with E-state index in [-0.39, 0.29) is 11.8 Å². The fourth-order valence-electron chi connectivity index (χ4n) is 2.47. The fraction of sp³-hybridized carbons (Fsp3) is 0.350. The molecule has 0 aliphatic carbocycles. The van der Waals surface area contributed by atoms with Crippen molar-refractivity contribution in [2.45, 2.75) is 40.2 Å². The number of para-hydroxylation sites is 1. The van der Waals surface area contributed by atoms with Gasteiger partial charge in [-0.05, 0) is 44.9 Å². The van der Waals surface area contributed by atoms with E-state index < -0.39 is 5.54 Å². The van der Waals surface area contributed by atoms with E-state index >= 15 is 0 Å². The Balaban J connectivity index is 2.24. The lowest BCUT2D eigenvalue weighted by Crippen LogP contribution is -2.48. The Kier molecular flexibility index (Phi) is 5.43. The second kappa shape index (κ2) is 7.35. The first-order chi connectivity index (χ1) is 11.8. The molecule has 25 heavy (non-hydrogen) atoms. The average molecular weight is 336 g/mol. The van der Waals surface area contributed by atoms with Crippen LogP contribution >= 0.6 is 0 Å². The molecule has 1 unspecified atom stereocenters. The minimum absolute atomic E-state index is 0.0131. The van der Waals surface area contributed by atoms with Gasteiger partial charge in [0.15, 0.2) is 0 Å². The topological polar surface area (TPSA) is 70.7 Å². The molecule has 2 aromatic rings. The molecule has 1 amide bonds. The number of carbonyl (C=O) groups excluding carboxylic acids is 1. The second-order valence-corrected chi connectivity index (χ2v) is 6.62. The molecular weight excluding hydrogens is 312 g/mol. The first-order valence-corrected chi connectivity index (χ1v) is 8.31. The molecule has 1 aromatic heterocycles. The number of hydrogen-bond donors (Lipinski definition) is 1. The number of nitrogens with one attached hydrogen (secondary N) is 1. The number of aryl methyl sites for hydroxylation is 1. The zero-order valence-electron chi connectivity index (χ0n) is 15.4. The third-order valence-electron chi connectivity index (χ3n) is 4.52. The monoisotopic (exact) mass is 336 g/mol. The molecule has 5 nitrogen and oxygen atoms in total. The summed E-state index contributed by atoms with van der Waals surface area (Å²) in [5, 5.41) is 16.6. The Morgan fingerprint density at radius 3 is 2.52 bits per heavy atom. The van der Waals surface area contributed by atoms with E-state index in [1.165, 1.54) is 6.08 Å². The number of aromatic nitrogens is 2. The van der Waals surface area contributed by atoms with Crippen molar-refractivity contribution in [3.8, 4) is 11.8 Å². The van der Waals surface area contributed by atoms with Gasteiger partial charge in [0.2, 0.25) is 5.91 Å². The van der Waals surface area contributed by atoms with E-state index in [0.29, 0.717) is 0 Å². The van der Waals surface area contributed by atoms with Crippen molar-refractivity contribution in [2.24, 2.45) is 5.92 Å². The molecule has 0 bridgehead atoms. The van der Waals surface area contributed by atoms with E-state index in [1.807, 2.05) is 62.7 Å². The number of amides is 1. The molecule has 0 saturated heterocycles. The highest BCUT2D eigenvalue weighted by Gasteiger charge is 2.29. The van der Waals surface area contributed by atoms with E-state index in [0.717, 1.165) is 22.6 Å². The predicted octanol–water partition coefficient (Wildman–Crippen LogP) is 3.56. The lowest BCUT2D eigenvalue weighted by Gasteiger charge is -2.26. The van der Waals surface area contributed by atoms with Gasteiger partial charge in [-0.15, -0.1) is 0 Å². The van der Waals surface area contributed by atoms with Crippen molar-refractivity contribution >= 4 is 12.0 Å². The molecule has 2 rings (SSSR count). The van der Waals surface area contributed by atoms with Gasteiger partial charge in [-0.25, -0.2) is 4.68 Å². The first kappa shape index (κ1) is 18.5. The third-order valence-corrected chi connectivity index (χ3v) is 4.52. The van der Waals surface area contributed by atoms with Gasteiger partial charge in [0.05, 0.1) is 17.5 Å². The van der Waals surface area contributed by atoms with Crippen LogP contribution in [0, 0.1) is 31.1 Å². The Morgan fingerprint density at radius 2 is 1.96 bits per heavy atom. The van der Waals surface area contributed by atoms with E-state index in [4.69, 9.17) is 0 Å². The second-order valence-electron chi connectivity index (χ2n) is 6.62. The van der Waals surface area contributed by atoms with E-state index in [1.54, 1.807) is 13.0 Å². The summed E-state index contributed by atoms with van der Waals surface area (Å²) in [5.74, 6) is -0.275. The van der Waals surface area contributed by atoms with Crippen LogP contribution in [0.1, 0.15) is 37.7 Å². The molecule has 130 valence electrons. The maximum absolute atomic E-state index is 12.2. The molecule has 0 saturated carbocycles. The average Bonchev–Trinajstić information content (AvgIpc) is 2.87. The van der Waals surface area contributed by atoms with Gasteiger partial charge in [0, 0.05) is 17.3 Å². The normalized spacial score (nSPS) is 13.6. The van der Waals surface area contributed by atoms with Gasteiger partial charge in [0.1, 0.15) is 5.54 Å². The van der Waals surface area contributed by atoms with Crippen LogP contribution in [0.5, 0.6) is 0 Å². The lowest BCUT2D eigenvalue weighted by atomic mass is 9.90. The standard InChI is InChI=1S/C20H24N4O/c1-14(2)20(5,13-21)22-19(25)12-11-18-15(3)23-24(16(18)4)17-9-7-6-8-10-17/h6-12,14H,1-5H3,(H,22,25). The van der Waals surface area contributed by atoms with Crippen LogP contribution < -0.4 is 5.32 Å². The molecule has 0 aliphatic heterocycles. The molecule has 0 aliphatic rings. The van der Waals surface area contributed by atoms with Gasteiger partial charge in [0.25, 0.3) is 0 Å². The first-order valence-electron chi connectivity index (χ1n) is 8.31. The molecule has 1 heterocycles. The summed E-state index contributed by atoms with van der Waals surface area (Å²) in [7, 11) is 0. The van der Waals surface area contributed by atoms with Crippen LogP contribution in [0.3, 0.4) is 0 Å². The Hall–Kier alpha value is -2.87. The molecule has 1 N–H and O–H groups in total. The summed E-state index contributed by atoms with van der Waals surface area (Å²) >= 11 is 0. The fourth-order valence-corrected chi connectivity index (χ4v) is 2.47. The van der Waals surface area contributed by atoms with Gasteiger partial charge in [-0.2, -0.15) is 10.4 Å². The van der Waals surface area contributed by atoms with Crippen molar-refractivity contribution in [1.29, 1.82) is 5.26 Å². The number of nitrogens with zero attached hydrogens (tertiary/aromatic N) is 3. The minimum Gasteiger partial charge on any atom is -0.334 e. The SMILES string of the molecule is Cc1nn(-c2ccccc2)c(C)c1C=CC(=O)NC(C)(C#N)C(C)C. The molecular formula is C20H24N4O. The van der Waals surface area contributed by atoms with Crippen LogP contribution in [0.15, 0.2) is 36.4 Å². The highest BCUT2D eigenvalue weighted by atomic mass is 16.1. The summed E-state index contributed by atoms with van der Waals surface area (Å²) in [4.78, 5) is 12.2. The Bertz CT molecular complexity index is 827. The van der Waals surface area contributed by atoms with Crippen LogP contribution in [-0.2, 0) is 4.79 Å². The number of rotatable bonds is 5. The predicted molar refractivity (Wildman–Crippen MR) is 99.1 cm³/mol. The molecule has 1 atom stereocenters. The summed E-state index contributed by atoms with van der Waals surface area (Å²) in [6.07, 6.45) is 3.22. The maximum Gasteiger partial charge on any atom is 0.245 e. The van der Waals surface area contributed by atoms with Crippen molar-refractivity contribution in [1.82, 2.24) is 15.1 Å². The van der Waals surface area contributed by atoms with Gasteiger partial charge < -0.3 is 5.32 Å². The number of hydrogen-bond acceptors (Lipinski definition) is 3. The zero-order chi connectivity index (χ0) is 18.6. The molecule has 5 heteroatoms. The zero-order valence-corrected chi connectivity index (χ0v) is 15.4. The number of nitriles is 1. The molecule has 0 spiro atoms. The quantitative estimate of drug-likeness (QED) is 0.849. The van der Waals surface area contributed by atoms with Crippen molar-refractivity contribution in [2.75, 3.05) is 0 Å². The highest BCUT2D eigenvalue weighted by Crippen LogP contribution is 2.19. The van der Waals surface area contributed by atoms with Gasteiger partial charge in [-0.1, -0.05) is 32.0 Å². The summed E-state index contributed by atoms with van der Waals surface area (Å²) in [6, 6.07) is 12.0. The lowest BCUT2D eigenvalue weighted by molar-refractivity contribution is -0.118. The Labute approximate surface area is 149 Å². The van der Waals surface area contributed by atoms with E-state index in [2.05, 4.69) is 16.5 Å². The van der Waals surface area contributed by atoms with Crippen molar-refractivity contribution in [3.63, 3.8) is 0 Å². The minimum atomic E-state index is -0.889. The largest absolute Gasteiger partial charge is 0.334 e. The molecule has 0 radical (unpaired) electrons. The Morgan fingerprint density at radius 1 is 1.32 bits per heavy atom. The van der Waals surface area contributed by atoms with Gasteiger partial charge >= 0.3 is 0 Å². The maximum atomic E-state index is 12.2. The van der Waals surface area contributed by atoms with Crippen LogP contribution in [0.25, 0.3) is 11.8 Å². The summed E-state index contributed by atoms with van der Waals surface area (Å²) < 4.78 is 1.86. The number of carbonyl (C=O) groups is 1. The van der Waals surface area contributed by atoms with Crippen LogP contribution in [0.4, 0.5) is 0 Å². The highest BCUT2D eigenvalue weighted by molar-refractivity contribution is 5.92. The number of benzene rings is 1. The van der Waals surface area contributed by atoms with Crippen LogP contribution in [0.2, 0.25) is 0 Å². The third kappa shape index (κ3) is 3.97. The smallest absolute Gasteiger partial charge is 0.245 e.